The number of rotatable bonds is 3. The summed E-state index contributed by atoms with van der Waals surface area (Å²) in [6.07, 6.45) is 0.155. The van der Waals surface area contributed by atoms with E-state index in [1.54, 1.807) is 0 Å². The van der Waals surface area contributed by atoms with Crippen LogP contribution >= 0.6 is 0 Å². The van der Waals surface area contributed by atoms with Crippen molar-refractivity contribution in [3.8, 4) is 0 Å². The highest BCUT2D eigenvalue weighted by molar-refractivity contribution is 6.01. The predicted octanol–water partition coefficient (Wildman–Crippen LogP) is 3.48. The smallest absolute Gasteiger partial charge is 0.228 e. The van der Waals surface area contributed by atoms with Gasteiger partial charge in [0.15, 0.2) is 0 Å². The summed E-state index contributed by atoms with van der Waals surface area (Å²) in [5.74, 6) is -0.0429. The molecule has 0 aliphatic carbocycles. The molecular weight excluding hydrogens is 316 g/mol. The molecule has 2 aromatic carbocycles. The molecule has 4 rings (SSSR count). The van der Waals surface area contributed by atoms with Crippen LogP contribution in [0.25, 0.3) is 11.0 Å². The fourth-order valence-electron chi connectivity index (χ4n) is 3.33. The van der Waals surface area contributed by atoms with Crippen LogP contribution in [-0.2, 0) is 16.1 Å². The number of anilines is 1. The lowest BCUT2D eigenvalue weighted by Crippen LogP contribution is -2.34. The van der Waals surface area contributed by atoms with Gasteiger partial charge in [-0.1, -0.05) is 36.4 Å². The SMILES string of the molecule is Cc1c(CNC(=O)[C@H]2CC(=O)Nc3ccccc32)oc2ccccc12. The minimum absolute atomic E-state index is 0.140. The van der Waals surface area contributed by atoms with Gasteiger partial charge in [-0.2, -0.15) is 0 Å². The lowest BCUT2D eigenvalue weighted by atomic mass is 9.90. The molecule has 0 spiro atoms. The van der Waals surface area contributed by atoms with Gasteiger partial charge in [-0.3, -0.25) is 9.59 Å². The first kappa shape index (κ1) is 15.4. The van der Waals surface area contributed by atoms with Crippen molar-refractivity contribution in [2.75, 3.05) is 5.32 Å². The topological polar surface area (TPSA) is 71.3 Å². The molecule has 3 aromatic rings. The summed E-state index contributed by atoms with van der Waals surface area (Å²) in [7, 11) is 0. The Bertz CT molecular complexity index is 974. The van der Waals surface area contributed by atoms with E-state index in [0.29, 0.717) is 12.2 Å². The molecule has 1 aromatic heterocycles. The minimum Gasteiger partial charge on any atom is -0.459 e. The van der Waals surface area contributed by atoms with Gasteiger partial charge in [0.05, 0.1) is 12.5 Å². The van der Waals surface area contributed by atoms with E-state index in [1.807, 2.05) is 55.5 Å². The molecule has 1 aliphatic heterocycles. The Kier molecular flexibility index (Phi) is 3.76. The molecule has 0 radical (unpaired) electrons. The van der Waals surface area contributed by atoms with Gasteiger partial charge in [0.1, 0.15) is 11.3 Å². The molecule has 0 saturated heterocycles. The van der Waals surface area contributed by atoms with Crippen LogP contribution in [0.15, 0.2) is 52.9 Å². The number of fused-ring (bicyclic) bond motifs is 2. The zero-order valence-electron chi connectivity index (χ0n) is 13.8. The fourth-order valence-corrected chi connectivity index (χ4v) is 3.33. The first-order valence-electron chi connectivity index (χ1n) is 8.27. The second-order valence-electron chi connectivity index (χ2n) is 6.26. The van der Waals surface area contributed by atoms with E-state index >= 15 is 0 Å². The molecule has 2 N–H and O–H groups in total. The van der Waals surface area contributed by atoms with Gasteiger partial charge in [0.25, 0.3) is 0 Å². The summed E-state index contributed by atoms with van der Waals surface area (Å²) < 4.78 is 5.83. The van der Waals surface area contributed by atoms with Crippen molar-refractivity contribution in [2.45, 2.75) is 25.8 Å². The summed E-state index contributed by atoms with van der Waals surface area (Å²) in [4.78, 5) is 24.6. The minimum atomic E-state index is -0.477. The van der Waals surface area contributed by atoms with Crippen molar-refractivity contribution in [3.63, 3.8) is 0 Å². The molecular formula is C20H18N2O3. The molecule has 1 aliphatic rings. The number of benzene rings is 2. The van der Waals surface area contributed by atoms with Crippen LogP contribution in [0.4, 0.5) is 5.69 Å². The number of hydrogen-bond acceptors (Lipinski definition) is 3. The standard InChI is InChI=1S/C20H18N2O3/c1-12-13-6-3-5-9-17(13)25-18(12)11-21-20(24)15-10-19(23)22-16-8-4-2-7-14(15)16/h2-9,15H,10-11H2,1H3,(H,21,24)(H,22,23)/t15-/m0/s1. The average molecular weight is 334 g/mol. The molecule has 2 heterocycles. The largest absolute Gasteiger partial charge is 0.459 e. The van der Waals surface area contributed by atoms with Crippen LogP contribution in [-0.4, -0.2) is 11.8 Å². The third-order valence-electron chi connectivity index (χ3n) is 4.68. The third-order valence-corrected chi connectivity index (χ3v) is 4.68. The van der Waals surface area contributed by atoms with Crippen LogP contribution < -0.4 is 10.6 Å². The monoisotopic (exact) mass is 334 g/mol. The number of furan rings is 1. The first-order valence-corrected chi connectivity index (χ1v) is 8.27. The van der Waals surface area contributed by atoms with Crippen LogP contribution in [0.5, 0.6) is 0 Å². The molecule has 25 heavy (non-hydrogen) atoms. The predicted molar refractivity (Wildman–Crippen MR) is 95.2 cm³/mol. The quantitative estimate of drug-likeness (QED) is 0.770. The molecule has 5 nitrogen and oxygen atoms in total. The Morgan fingerprint density at radius 3 is 2.80 bits per heavy atom. The van der Waals surface area contributed by atoms with E-state index in [1.165, 1.54) is 0 Å². The number of amides is 2. The van der Waals surface area contributed by atoms with Crippen LogP contribution in [0, 0.1) is 6.92 Å². The highest BCUT2D eigenvalue weighted by Crippen LogP contribution is 2.32. The van der Waals surface area contributed by atoms with E-state index in [0.717, 1.165) is 27.9 Å². The Morgan fingerprint density at radius 1 is 1.20 bits per heavy atom. The highest BCUT2D eigenvalue weighted by atomic mass is 16.3. The number of nitrogens with one attached hydrogen (secondary N) is 2. The van der Waals surface area contributed by atoms with Crippen molar-refractivity contribution in [3.05, 3.63) is 65.4 Å². The maximum Gasteiger partial charge on any atom is 0.228 e. The van der Waals surface area contributed by atoms with Crippen LogP contribution in [0.1, 0.15) is 29.2 Å². The molecule has 2 amide bonds. The fraction of sp³-hybridized carbons (Fsp3) is 0.200. The van der Waals surface area contributed by atoms with Gasteiger partial charge in [0.2, 0.25) is 11.8 Å². The van der Waals surface area contributed by atoms with Crippen LogP contribution in [0.3, 0.4) is 0 Å². The average Bonchev–Trinajstić information content (AvgIpc) is 2.95. The second-order valence-corrected chi connectivity index (χ2v) is 6.26. The van der Waals surface area contributed by atoms with Crippen molar-refractivity contribution < 1.29 is 14.0 Å². The number of para-hydroxylation sites is 2. The van der Waals surface area contributed by atoms with Crippen molar-refractivity contribution in [2.24, 2.45) is 0 Å². The molecule has 0 bridgehead atoms. The van der Waals surface area contributed by atoms with Crippen molar-refractivity contribution in [1.29, 1.82) is 0 Å². The second kappa shape index (κ2) is 6.09. The molecule has 0 saturated carbocycles. The van der Waals surface area contributed by atoms with E-state index in [9.17, 15) is 9.59 Å². The van der Waals surface area contributed by atoms with Crippen LogP contribution in [0.2, 0.25) is 0 Å². The first-order chi connectivity index (χ1) is 12.1. The van der Waals surface area contributed by atoms with Gasteiger partial charge < -0.3 is 15.1 Å². The number of aryl methyl sites for hydroxylation is 1. The Balaban J connectivity index is 1.54. The number of carbonyl (C=O) groups is 2. The summed E-state index contributed by atoms with van der Waals surface area (Å²) in [5, 5.41) is 6.78. The Labute approximate surface area is 145 Å². The summed E-state index contributed by atoms with van der Waals surface area (Å²) in [6, 6.07) is 15.2. The molecule has 0 fully saturated rings. The zero-order valence-corrected chi connectivity index (χ0v) is 13.8. The maximum atomic E-state index is 12.7. The van der Waals surface area contributed by atoms with E-state index in [-0.39, 0.29) is 18.2 Å². The molecule has 5 heteroatoms. The lowest BCUT2D eigenvalue weighted by molar-refractivity contribution is -0.126. The van der Waals surface area contributed by atoms with E-state index in [2.05, 4.69) is 10.6 Å². The van der Waals surface area contributed by atoms with E-state index in [4.69, 9.17) is 4.42 Å². The molecule has 0 unspecified atom stereocenters. The number of hydrogen-bond donors (Lipinski definition) is 2. The van der Waals surface area contributed by atoms with Gasteiger partial charge in [0, 0.05) is 23.1 Å². The van der Waals surface area contributed by atoms with Gasteiger partial charge in [-0.15, -0.1) is 0 Å². The van der Waals surface area contributed by atoms with Crippen molar-refractivity contribution in [1.82, 2.24) is 5.32 Å². The number of carbonyl (C=O) groups excluding carboxylic acids is 2. The Morgan fingerprint density at radius 2 is 1.96 bits per heavy atom. The maximum absolute atomic E-state index is 12.7. The Hall–Kier alpha value is -3.08. The van der Waals surface area contributed by atoms with Gasteiger partial charge in [-0.05, 0) is 24.6 Å². The van der Waals surface area contributed by atoms with Crippen molar-refractivity contribution >= 4 is 28.5 Å². The highest BCUT2D eigenvalue weighted by Gasteiger charge is 2.30. The van der Waals surface area contributed by atoms with Gasteiger partial charge in [-0.25, -0.2) is 0 Å². The molecule has 126 valence electrons. The van der Waals surface area contributed by atoms with Gasteiger partial charge >= 0.3 is 0 Å². The zero-order chi connectivity index (χ0) is 17.4. The third kappa shape index (κ3) is 2.78. The normalized spacial score (nSPS) is 16.4. The molecule has 1 atom stereocenters. The summed E-state index contributed by atoms with van der Waals surface area (Å²) in [6.45, 7) is 2.29. The summed E-state index contributed by atoms with van der Waals surface area (Å²) >= 11 is 0. The summed E-state index contributed by atoms with van der Waals surface area (Å²) in [5.41, 5.74) is 3.39. The lowest BCUT2D eigenvalue weighted by Gasteiger charge is -2.24. The van der Waals surface area contributed by atoms with E-state index < -0.39 is 5.92 Å².